The Morgan fingerprint density at radius 3 is 2.43 bits per heavy atom. The zero-order valence-electron chi connectivity index (χ0n) is 24.0. The van der Waals surface area contributed by atoms with E-state index in [0.717, 1.165) is 39.8 Å². The molecule has 0 bridgehead atoms. The predicted octanol–water partition coefficient (Wildman–Crippen LogP) is 7.32. The number of nitrogens with zero attached hydrogens (tertiary/aromatic N) is 1. The van der Waals surface area contributed by atoms with Crippen molar-refractivity contribution in [3.8, 4) is 0 Å². The molecule has 0 radical (unpaired) electrons. The SMILES string of the molecule is O=C(Nc1cccc(SCC(=O)N2CCCc3ccccc32)c1)/C(=C/c1cccc2ccccc12)NC(=O)c1ccccc1. The summed E-state index contributed by atoms with van der Waals surface area (Å²) in [6, 6.07) is 38.0. The molecule has 2 N–H and O–H groups in total. The molecule has 0 aromatic heterocycles. The summed E-state index contributed by atoms with van der Waals surface area (Å²) in [6.07, 6.45) is 3.63. The first-order valence-electron chi connectivity index (χ1n) is 14.5. The lowest BCUT2D eigenvalue weighted by molar-refractivity contribution is -0.116. The summed E-state index contributed by atoms with van der Waals surface area (Å²) in [5, 5.41) is 7.76. The highest BCUT2D eigenvalue weighted by atomic mass is 32.2. The minimum Gasteiger partial charge on any atom is -0.321 e. The molecule has 0 unspecified atom stereocenters. The first-order valence-corrected chi connectivity index (χ1v) is 15.5. The standard InChI is InChI=1S/C37H31N3O3S/c41-35(40-22-10-17-27-12-5-7-21-34(27)40)25-44-31-19-9-18-30(24-31)38-37(43)33(39-36(42)28-13-2-1-3-14-28)23-29-16-8-15-26-11-4-6-20-32(26)29/h1-9,11-16,18-21,23-24H,10,17,22,25H2,(H,38,43)(H,39,42)/b33-23-. The van der Waals surface area contributed by atoms with Gasteiger partial charge in [0.25, 0.3) is 11.8 Å². The average Bonchev–Trinajstić information content (AvgIpc) is 3.07. The minimum absolute atomic E-state index is 0.0560. The number of aryl methyl sites for hydroxylation is 1. The van der Waals surface area contributed by atoms with Gasteiger partial charge in [-0.05, 0) is 77.2 Å². The van der Waals surface area contributed by atoms with Gasteiger partial charge in [0, 0.05) is 28.4 Å². The fourth-order valence-electron chi connectivity index (χ4n) is 5.35. The van der Waals surface area contributed by atoms with Gasteiger partial charge in [0.15, 0.2) is 0 Å². The predicted molar refractivity (Wildman–Crippen MR) is 179 cm³/mol. The largest absolute Gasteiger partial charge is 0.321 e. The molecule has 218 valence electrons. The second-order valence-corrected chi connectivity index (χ2v) is 11.5. The van der Waals surface area contributed by atoms with Crippen molar-refractivity contribution in [3.63, 3.8) is 0 Å². The fraction of sp³-hybridized carbons (Fsp3) is 0.108. The van der Waals surface area contributed by atoms with Crippen LogP contribution in [0.25, 0.3) is 16.8 Å². The zero-order chi connectivity index (χ0) is 30.3. The molecule has 7 heteroatoms. The number of anilines is 2. The number of hydrogen-bond acceptors (Lipinski definition) is 4. The van der Waals surface area contributed by atoms with Gasteiger partial charge in [0.2, 0.25) is 5.91 Å². The van der Waals surface area contributed by atoms with Crippen LogP contribution in [0.5, 0.6) is 0 Å². The number of benzene rings is 5. The van der Waals surface area contributed by atoms with Crippen LogP contribution in [-0.2, 0) is 16.0 Å². The molecule has 1 heterocycles. The number of rotatable bonds is 8. The molecule has 44 heavy (non-hydrogen) atoms. The topological polar surface area (TPSA) is 78.5 Å². The number of carbonyl (C=O) groups excluding carboxylic acids is 3. The normalized spacial score (nSPS) is 12.8. The van der Waals surface area contributed by atoms with Crippen LogP contribution >= 0.6 is 11.8 Å². The van der Waals surface area contributed by atoms with Crippen LogP contribution in [-0.4, -0.2) is 30.0 Å². The van der Waals surface area contributed by atoms with Crippen LogP contribution < -0.4 is 15.5 Å². The Morgan fingerprint density at radius 1 is 0.795 bits per heavy atom. The van der Waals surface area contributed by atoms with Crippen LogP contribution in [0.4, 0.5) is 11.4 Å². The van der Waals surface area contributed by atoms with E-state index >= 15 is 0 Å². The summed E-state index contributed by atoms with van der Waals surface area (Å²) < 4.78 is 0. The highest BCUT2D eigenvalue weighted by Crippen LogP contribution is 2.29. The minimum atomic E-state index is -0.453. The number of para-hydroxylation sites is 1. The Bertz CT molecular complexity index is 1860. The van der Waals surface area contributed by atoms with Gasteiger partial charge >= 0.3 is 0 Å². The molecule has 0 saturated heterocycles. The molecule has 1 aliphatic heterocycles. The van der Waals surface area contributed by atoms with Crippen LogP contribution in [0.3, 0.4) is 0 Å². The number of nitrogens with one attached hydrogen (secondary N) is 2. The molecule has 0 fully saturated rings. The van der Waals surface area contributed by atoms with Gasteiger partial charge in [0.05, 0.1) is 5.75 Å². The third kappa shape index (κ3) is 6.74. The van der Waals surface area contributed by atoms with Crippen LogP contribution in [0, 0.1) is 0 Å². The van der Waals surface area contributed by atoms with Crippen molar-refractivity contribution in [2.24, 2.45) is 0 Å². The van der Waals surface area contributed by atoms with E-state index in [2.05, 4.69) is 16.7 Å². The number of hydrogen-bond donors (Lipinski definition) is 2. The van der Waals surface area contributed by atoms with Crippen molar-refractivity contribution in [2.75, 3.05) is 22.5 Å². The molecule has 3 amide bonds. The van der Waals surface area contributed by atoms with Gasteiger partial charge in [-0.15, -0.1) is 11.8 Å². The van der Waals surface area contributed by atoms with E-state index in [0.29, 0.717) is 17.8 Å². The van der Waals surface area contributed by atoms with Gasteiger partial charge in [-0.2, -0.15) is 0 Å². The molecular formula is C37H31N3O3S. The first-order chi connectivity index (χ1) is 21.5. The number of carbonyl (C=O) groups is 3. The van der Waals surface area contributed by atoms with Crippen molar-refractivity contribution < 1.29 is 14.4 Å². The van der Waals surface area contributed by atoms with E-state index in [1.165, 1.54) is 17.3 Å². The van der Waals surface area contributed by atoms with E-state index in [9.17, 15) is 14.4 Å². The van der Waals surface area contributed by atoms with Crippen molar-refractivity contribution >= 4 is 57.7 Å². The molecule has 6 nitrogen and oxygen atoms in total. The van der Waals surface area contributed by atoms with E-state index in [-0.39, 0.29) is 23.3 Å². The van der Waals surface area contributed by atoms with Crippen LogP contribution in [0.1, 0.15) is 27.9 Å². The Balaban J connectivity index is 1.20. The van der Waals surface area contributed by atoms with Crippen molar-refractivity contribution in [1.29, 1.82) is 0 Å². The molecule has 6 rings (SSSR count). The van der Waals surface area contributed by atoms with E-state index in [1.807, 2.05) is 89.8 Å². The number of fused-ring (bicyclic) bond motifs is 2. The third-order valence-electron chi connectivity index (χ3n) is 7.52. The zero-order valence-corrected chi connectivity index (χ0v) is 24.8. The molecule has 0 atom stereocenters. The van der Waals surface area contributed by atoms with Gasteiger partial charge < -0.3 is 15.5 Å². The molecule has 5 aromatic carbocycles. The smallest absolute Gasteiger partial charge is 0.272 e. The van der Waals surface area contributed by atoms with Gasteiger partial charge in [0.1, 0.15) is 5.70 Å². The maximum atomic E-state index is 13.7. The highest BCUT2D eigenvalue weighted by molar-refractivity contribution is 8.00. The summed E-state index contributed by atoms with van der Waals surface area (Å²) >= 11 is 1.43. The van der Waals surface area contributed by atoms with Crippen molar-refractivity contribution in [2.45, 2.75) is 17.7 Å². The van der Waals surface area contributed by atoms with Gasteiger partial charge in [-0.3, -0.25) is 14.4 Å². The van der Waals surface area contributed by atoms with Crippen LogP contribution in [0.2, 0.25) is 0 Å². The third-order valence-corrected chi connectivity index (χ3v) is 8.50. The molecule has 0 saturated carbocycles. The molecule has 0 spiro atoms. The first kappa shape index (κ1) is 29.0. The molecular weight excluding hydrogens is 566 g/mol. The second kappa shape index (κ2) is 13.4. The summed E-state index contributed by atoms with van der Waals surface area (Å²) in [7, 11) is 0. The van der Waals surface area contributed by atoms with Crippen LogP contribution in [0.15, 0.2) is 132 Å². The quantitative estimate of drug-likeness (QED) is 0.145. The second-order valence-electron chi connectivity index (χ2n) is 10.5. The van der Waals surface area contributed by atoms with Crippen molar-refractivity contribution in [1.82, 2.24) is 5.32 Å². The molecule has 1 aliphatic rings. The Morgan fingerprint density at radius 2 is 1.55 bits per heavy atom. The average molecular weight is 598 g/mol. The number of amides is 3. The Labute approximate surface area is 260 Å². The molecule has 5 aromatic rings. The maximum absolute atomic E-state index is 13.7. The number of thioether (sulfide) groups is 1. The van der Waals surface area contributed by atoms with Gasteiger partial charge in [-0.1, -0.05) is 84.9 Å². The molecule has 0 aliphatic carbocycles. The summed E-state index contributed by atoms with van der Waals surface area (Å²) in [5.74, 6) is -0.495. The maximum Gasteiger partial charge on any atom is 0.272 e. The monoisotopic (exact) mass is 597 g/mol. The van der Waals surface area contributed by atoms with Crippen molar-refractivity contribution in [3.05, 3.63) is 144 Å². The lowest BCUT2D eigenvalue weighted by atomic mass is 10.0. The van der Waals surface area contributed by atoms with Gasteiger partial charge in [-0.25, -0.2) is 0 Å². The van der Waals surface area contributed by atoms with E-state index < -0.39 is 5.91 Å². The fourth-order valence-corrected chi connectivity index (χ4v) is 6.18. The Hall–Kier alpha value is -5.14. The summed E-state index contributed by atoms with van der Waals surface area (Å²) in [4.78, 5) is 42.7. The lowest BCUT2D eigenvalue weighted by Crippen LogP contribution is -2.36. The van der Waals surface area contributed by atoms with E-state index in [4.69, 9.17) is 0 Å². The lowest BCUT2D eigenvalue weighted by Gasteiger charge is -2.29. The highest BCUT2D eigenvalue weighted by Gasteiger charge is 2.22. The summed E-state index contributed by atoms with van der Waals surface area (Å²) in [6.45, 7) is 0.715. The Kier molecular flexibility index (Phi) is 8.85. The van der Waals surface area contributed by atoms with E-state index in [1.54, 1.807) is 36.4 Å². The summed E-state index contributed by atoms with van der Waals surface area (Å²) in [5.41, 5.74) is 4.13.